The highest BCUT2D eigenvalue weighted by Gasteiger charge is 1.97. The molecule has 0 aromatic rings. The first kappa shape index (κ1) is 8.19. The van der Waals surface area contributed by atoms with Gasteiger partial charge in [-0.3, -0.25) is 9.11 Å². The van der Waals surface area contributed by atoms with Crippen molar-refractivity contribution in [2.24, 2.45) is 5.73 Å². The molecule has 0 atom stereocenters. The molecule has 0 fully saturated rings. The molecule has 5 heteroatoms. The Balaban J connectivity index is 3.11. The van der Waals surface area contributed by atoms with Crippen LogP contribution in [0.5, 0.6) is 0 Å². The third-order valence-electron chi connectivity index (χ3n) is 0.520. The molecule has 4 nitrogen and oxygen atoms in total. The van der Waals surface area contributed by atoms with Crippen molar-refractivity contribution < 1.29 is 9.11 Å². The van der Waals surface area contributed by atoms with Gasteiger partial charge in [-0.15, -0.1) is 10.8 Å². The van der Waals surface area contributed by atoms with Crippen LogP contribution in [0.1, 0.15) is 0 Å². The summed E-state index contributed by atoms with van der Waals surface area (Å²) >= 11 is 0. The molecule has 0 aliphatic carbocycles. The molecule has 0 aliphatic rings. The third-order valence-corrected chi connectivity index (χ3v) is 1.27. The fourth-order valence-corrected chi connectivity index (χ4v) is 0.757. The molecule has 0 aliphatic heterocycles. The number of rotatable bonds is 3. The van der Waals surface area contributed by atoms with Gasteiger partial charge in [0.2, 0.25) is 0 Å². The lowest BCUT2D eigenvalue weighted by Crippen LogP contribution is -2.25. The van der Waals surface area contributed by atoms with E-state index < -0.39 is 10.8 Å². The predicted octanol–water partition coefficient (Wildman–Crippen LogP) is -0.170. The van der Waals surface area contributed by atoms with E-state index in [-0.39, 0.29) is 0 Å². The number of nitrogens with two attached hydrogens (primary N) is 1. The lowest BCUT2D eigenvalue weighted by Gasteiger charge is -2.27. The standard InChI is InChI=1S/C3H12N2O2S/c1-8(6,7)5-3-2-4/h5-7H,2-4H2,1H3. The predicted molar refractivity (Wildman–Crippen MR) is 35.8 cm³/mol. The zero-order valence-corrected chi connectivity index (χ0v) is 5.61. The van der Waals surface area contributed by atoms with Crippen molar-refractivity contribution >= 4 is 10.8 Å². The maximum atomic E-state index is 8.62. The van der Waals surface area contributed by atoms with Crippen LogP contribution in [0.15, 0.2) is 0 Å². The molecule has 8 heavy (non-hydrogen) atoms. The van der Waals surface area contributed by atoms with Crippen molar-refractivity contribution in [3.8, 4) is 0 Å². The van der Waals surface area contributed by atoms with E-state index in [9.17, 15) is 0 Å². The maximum absolute atomic E-state index is 8.62. The second-order valence-corrected chi connectivity index (χ2v) is 3.47. The molecule has 0 unspecified atom stereocenters. The maximum Gasteiger partial charge on any atom is 0.0416 e. The van der Waals surface area contributed by atoms with Gasteiger partial charge in [0, 0.05) is 19.3 Å². The second kappa shape index (κ2) is 3.26. The third kappa shape index (κ3) is 6.19. The molecule has 0 saturated heterocycles. The molecule has 0 rings (SSSR count). The van der Waals surface area contributed by atoms with Gasteiger partial charge in [0.05, 0.1) is 0 Å². The molecule has 0 aromatic carbocycles. The molecule has 5 N–H and O–H groups in total. The fraction of sp³-hybridized carbons (Fsp3) is 1.00. The van der Waals surface area contributed by atoms with Gasteiger partial charge < -0.3 is 5.73 Å². The van der Waals surface area contributed by atoms with Crippen LogP contribution in [-0.2, 0) is 0 Å². The van der Waals surface area contributed by atoms with Gasteiger partial charge in [0.25, 0.3) is 0 Å². The minimum absolute atomic E-state index is 0.420. The summed E-state index contributed by atoms with van der Waals surface area (Å²) in [6.45, 7) is 0.864. The molecule has 0 radical (unpaired) electrons. The minimum Gasteiger partial charge on any atom is -0.329 e. The fourth-order valence-electron chi connectivity index (χ4n) is 0.252. The van der Waals surface area contributed by atoms with Crippen molar-refractivity contribution in [2.75, 3.05) is 19.3 Å². The summed E-state index contributed by atoms with van der Waals surface area (Å²) in [4.78, 5) is 0. The molecule has 0 heterocycles. The molecular formula is C3H12N2O2S. The number of nitrogens with one attached hydrogen (secondary N) is 1. The van der Waals surface area contributed by atoms with Crippen LogP contribution < -0.4 is 10.5 Å². The van der Waals surface area contributed by atoms with Crippen LogP contribution >= 0.6 is 10.8 Å². The SMILES string of the molecule is CS(O)(O)NCCN. The average Bonchev–Trinajstić information content (AvgIpc) is 1.59. The van der Waals surface area contributed by atoms with Crippen molar-refractivity contribution in [2.45, 2.75) is 0 Å². The zero-order valence-electron chi connectivity index (χ0n) is 4.79. The van der Waals surface area contributed by atoms with Crippen LogP contribution in [0.4, 0.5) is 0 Å². The van der Waals surface area contributed by atoms with Crippen LogP contribution in [0.2, 0.25) is 0 Å². The van der Waals surface area contributed by atoms with Gasteiger partial charge in [-0.2, -0.15) is 0 Å². The number of hydrogen-bond donors (Lipinski definition) is 4. The van der Waals surface area contributed by atoms with Gasteiger partial charge in [-0.25, -0.2) is 4.72 Å². The Kier molecular flexibility index (Phi) is 3.34. The van der Waals surface area contributed by atoms with Crippen LogP contribution in [0, 0.1) is 0 Å². The smallest absolute Gasteiger partial charge is 0.0416 e. The first-order chi connectivity index (χ1) is 3.56. The molecule has 0 aromatic heterocycles. The quantitative estimate of drug-likeness (QED) is 0.439. The summed E-state index contributed by atoms with van der Waals surface area (Å²) in [5.74, 6) is 0. The van der Waals surface area contributed by atoms with Gasteiger partial charge in [-0.05, 0) is 0 Å². The van der Waals surface area contributed by atoms with Crippen molar-refractivity contribution in [1.29, 1.82) is 0 Å². The highest BCUT2D eigenvalue weighted by atomic mass is 32.3. The second-order valence-electron chi connectivity index (χ2n) is 1.52. The van der Waals surface area contributed by atoms with E-state index in [1.165, 1.54) is 6.26 Å². The summed E-state index contributed by atoms with van der Waals surface area (Å²) in [5.41, 5.74) is 5.06. The minimum atomic E-state index is -2.52. The van der Waals surface area contributed by atoms with Crippen molar-refractivity contribution in [3.05, 3.63) is 0 Å². The highest BCUT2D eigenvalue weighted by molar-refractivity contribution is 8.22. The van der Waals surface area contributed by atoms with E-state index in [2.05, 4.69) is 4.72 Å². The summed E-state index contributed by atoms with van der Waals surface area (Å²) in [6, 6.07) is 0. The van der Waals surface area contributed by atoms with Gasteiger partial charge in [-0.1, -0.05) is 0 Å². The normalized spacial score (nSPS) is 14.0. The van der Waals surface area contributed by atoms with Crippen molar-refractivity contribution in [1.82, 2.24) is 4.72 Å². The lowest BCUT2D eigenvalue weighted by atomic mass is 10.7. The van der Waals surface area contributed by atoms with E-state index in [1.54, 1.807) is 0 Å². The van der Waals surface area contributed by atoms with Crippen LogP contribution in [-0.4, -0.2) is 28.5 Å². The molecule has 0 bridgehead atoms. The average molecular weight is 140 g/mol. The summed E-state index contributed by atoms with van der Waals surface area (Å²) in [6.07, 6.45) is 1.32. The highest BCUT2D eigenvalue weighted by Crippen LogP contribution is 2.25. The molecule has 0 amide bonds. The monoisotopic (exact) mass is 140 g/mol. The van der Waals surface area contributed by atoms with Gasteiger partial charge in [0.1, 0.15) is 0 Å². The van der Waals surface area contributed by atoms with E-state index >= 15 is 0 Å². The lowest BCUT2D eigenvalue weighted by molar-refractivity contribution is 0.479. The molecular weight excluding hydrogens is 128 g/mol. The Morgan fingerprint density at radius 1 is 1.62 bits per heavy atom. The van der Waals surface area contributed by atoms with E-state index in [0.29, 0.717) is 13.1 Å². The molecule has 52 valence electrons. The van der Waals surface area contributed by atoms with Crippen LogP contribution in [0.25, 0.3) is 0 Å². The largest absolute Gasteiger partial charge is 0.329 e. The first-order valence-corrected chi connectivity index (χ1v) is 4.19. The Morgan fingerprint density at radius 2 is 2.12 bits per heavy atom. The van der Waals surface area contributed by atoms with Gasteiger partial charge in [0.15, 0.2) is 0 Å². The summed E-state index contributed by atoms with van der Waals surface area (Å²) < 4.78 is 19.7. The summed E-state index contributed by atoms with van der Waals surface area (Å²) in [5, 5.41) is 0. The Morgan fingerprint density at radius 3 is 2.25 bits per heavy atom. The topological polar surface area (TPSA) is 78.5 Å². The molecule has 0 saturated carbocycles. The van der Waals surface area contributed by atoms with E-state index in [0.717, 1.165) is 0 Å². The zero-order chi connectivity index (χ0) is 6.62. The first-order valence-electron chi connectivity index (χ1n) is 2.24. The van der Waals surface area contributed by atoms with E-state index in [4.69, 9.17) is 14.8 Å². The number of hydrogen-bond acceptors (Lipinski definition) is 4. The van der Waals surface area contributed by atoms with Gasteiger partial charge >= 0.3 is 0 Å². The van der Waals surface area contributed by atoms with E-state index in [1.807, 2.05) is 0 Å². The Bertz CT molecular complexity index is 62.8. The van der Waals surface area contributed by atoms with Crippen LogP contribution in [0.3, 0.4) is 0 Å². The molecule has 0 spiro atoms. The van der Waals surface area contributed by atoms with Crippen molar-refractivity contribution in [3.63, 3.8) is 0 Å². The Hall–Kier alpha value is 0.190. The Labute approximate surface area is 50.6 Å². The summed E-state index contributed by atoms with van der Waals surface area (Å²) in [7, 11) is -2.52.